The monoisotopic (exact) mass is 507 g/mol. The first-order chi connectivity index (χ1) is 17.3. The molecule has 206 valence electrons. The van der Waals surface area contributed by atoms with Crippen LogP contribution in [0.5, 0.6) is 0 Å². The van der Waals surface area contributed by atoms with Crippen LogP contribution in [0, 0.1) is 0 Å². The van der Waals surface area contributed by atoms with Crippen LogP contribution in [0.25, 0.3) is 0 Å². The fourth-order valence-corrected chi connectivity index (χ4v) is 1.92. The Labute approximate surface area is 219 Å². The van der Waals surface area contributed by atoms with Gasteiger partial charge in [0, 0.05) is 24.4 Å². The van der Waals surface area contributed by atoms with Gasteiger partial charge in [0.15, 0.2) is 0 Å². The molecule has 0 aromatic heterocycles. The Morgan fingerprint density at radius 1 is 1.11 bits per heavy atom. The van der Waals surface area contributed by atoms with Gasteiger partial charge < -0.3 is 16.4 Å². The molecule has 1 saturated carbocycles. The molecule has 0 bridgehead atoms. The van der Waals surface area contributed by atoms with E-state index in [4.69, 9.17) is 11.6 Å². The van der Waals surface area contributed by atoms with Crippen molar-refractivity contribution in [2.24, 2.45) is 11.6 Å². The standard InChI is InChI=1S/C15H21N5O2.C4H7F.C3H6.2C2H6.C2H4/c1-2-18-14(21)10-3-7-12(8-4-10)20(17)9-13(16)15(22)19-11-5-6-11;1-2-3-4-5;1-3-2;3*1-2/h3-4,7-9,11H,2,5-6,16-17H2,1H3,(H,18,21)(H,19,22);3-4H,2H2,1H3;3H,1H2,2H3;2*1-2H3;1-2H2/b13-9-;4-3+;;;;. The summed E-state index contributed by atoms with van der Waals surface area (Å²) in [4.78, 5) is 23.4. The SMILES string of the molecule is C=C.C=CC.CC.CC.CC/C=C/F.CCNC(=O)c1ccc(N(N)/C=C(\N)C(=O)NC2CC2)cc1. The summed E-state index contributed by atoms with van der Waals surface area (Å²) < 4.78 is 10.8. The maximum atomic E-state index is 11.7. The number of amides is 2. The van der Waals surface area contributed by atoms with Gasteiger partial charge in [-0.25, -0.2) is 10.2 Å². The lowest BCUT2D eigenvalue weighted by molar-refractivity contribution is -0.117. The second-order valence-corrected chi connectivity index (χ2v) is 6.32. The summed E-state index contributed by atoms with van der Waals surface area (Å²) in [5.41, 5.74) is 6.92. The molecule has 0 saturated heterocycles. The van der Waals surface area contributed by atoms with Gasteiger partial charge in [0.1, 0.15) is 5.70 Å². The molecule has 0 radical (unpaired) electrons. The van der Waals surface area contributed by atoms with E-state index in [2.05, 4.69) is 30.4 Å². The molecule has 1 aromatic rings. The maximum absolute atomic E-state index is 11.7. The Morgan fingerprint density at radius 3 is 1.92 bits per heavy atom. The van der Waals surface area contributed by atoms with E-state index >= 15 is 0 Å². The van der Waals surface area contributed by atoms with E-state index in [-0.39, 0.29) is 23.6 Å². The summed E-state index contributed by atoms with van der Waals surface area (Å²) in [5, 5.41) is 6.75. The third kappa shape index (κ3) is 22.4. The van der Waals surface area contributed by atoms with Gasteiger partial charge in [0.25, 0.3) is 11.8 Å². The highest BCUT2D eigenvalue weighted by molar-refractivity contribution is 5.95. The van der Waals surface area contributed by atoms with Crippen LogP contribution in [-0.2, 0) is 4.79 Å². The lowest BCUT2D eigenvalue weighted by atomic mass is 10.2. The summed E-state index contributed by atoms with van der Waals surface area (Å²) in [6.07, 6.45) is 7.90. The minimum absolute atomic E-state index is 0.0437. The number of hydrogen-bond acceptors (Lipinski definition) is 5. The molecule has 1 aromatic carbocycles. The Hall–Kier alpha value is -3.39. The van der Waals surface area contributed by atoms with Gasteiger partial charge in [-0.15, -0.1) is 19.7 Å². The van der Waals surface area contributed by atoms with Crippen LogP contribution in [-0.4, -0.2) is 24.4 Å². The number of carbonyl (C=O) groups is 2. The molecule has 36 heavy (non-hydrogen) atoms. The van der Waals surface area contributed by atoms with Crippen molar-refractivity contribution in [1.29, 1.82) is 0 Å². The number of hydrogen-bond donors (Lipinski definition) is 4. The topological polar surface area (TPSA) is 113 Å². The average molecular weight is 508 g/mol. The van der Waals surface area contributed by atoms with Crippen LogP contribution in [0.4, 0.5) is 10.1 Å². The summed E-state index contributed by atoms with van der Waals surface area (Å²) in [6, 6.07) is 6.94. The van der Waals surface area contributed by atoms with E-state index in [0.29, 0.717) is 24.1 Å². The minimum Gasteiger partial charge on any atom is -0.393 e. The first-order valence-electron chi connectivity index (χ1n) is 12.4. The van der Waals surface area contributed by atoms with Crippen LogP contribution in [0.2, 0.25) is 0 Å². The quantitative estimate of drug-likeness (QED) is 0.154. The first-order valence-corrected chi connectivity index (χ1v) is 12.4. The molecule has 0 unspecified atom stereocenters. The molecule has 1 aliphatic rings. The molecule has 7 nitrogen and oxygen atoms in total. The second-order valence-electron chi connectivity index (χ2n) is 6.32. The van der Waals surface area contributed by atoms with E-state index in [9.17, 15) is 14.0 Å². The van der Waals surface area contributed by atoms with Gasteiger partial charge in [-0.05, 0) is 57.4 Å². The number of benzene rings is 1. The van der Waals surface area contributed by atoms with Crippen LogP contribution >= 0.6 is 0 Å². The number of carbonyl (C=O) groups excluding carboxylic acids is 2. The predicted octanol–water partition coefficient (Wildman–Crippen LogP) is 6.12. The van der Waals surface area contributed by atoms with E-state index < -0.39 is 0 Å². The van der Waals surface area contributed by atoms with Crippen molar-refractivity contribution in [3.05, 3.63) is 79.9 Å². The third-order valence-corrected chi connectivity index (χ3v) is 3.54. The molecule has 0 heterocycles. The van der Waals surface area contributed by atoms with Crippen LogP contribution in [0.1, 0.15) is 78.1 Å². The molecular weight excluding hydrogens is 457 g/mol. The Balaban J connectivity index is -0.000000307. The zero-order valence-electron chi connectivity index (χ0n) is 23.4. The number of nitrogens with one attached hydrogen (secondary N) is 2. The van der Waals surface area contributed by atoms with Crippen molar-refractivity contribution in [3.63, 3.8) is 0 Å². The number of rotatable bonds is 7. The molecule has 0 spiro atoms. The molecule has 0 atom stereocenters. The maximum Gasteiger partial charge on any atom is 0.268 e. The number of nitrogens with zero attached hydrogens (tertiary/aromatic N) is 1. The summed E-state index contributed by atoms with van der Waals surface area (Å²) in [6.45, 7) is 23.6. The second kappa shape index (κ2) is 29.6. The van der Waals surface area contributed by atoms with Crippen LogP contribution < -0.4 is 27.2 Å². The predicted molar refractivity (Wildman–Crippen MR) is 155 cm³/mol. The highest BCUT2D eigenvalue weighted by atomic mass is 19.1. The highest BCUT2D eigenvalue weighted by Crippen LogP contribution is 2.19. The van der Waals surface area contributed by atoms with Gasteiger partial charge in [0.2, 0.25) is 0 Å². The largest absolute Gasteiger partial charge is 0.393 e. The highest BCUT2D eigenvalue weighted by Gasteiger charge is 2.24. The average Bonchev–Trinajstić information content (AvgIpc) is 3.73. The molecule has 6 N–H and O–H groups in total. The van der Waals surface area contributed by atoms with Gasteiger partial charge in [0.05, 0.1) is 12.0 Å². The summed E-state index contributed by atoms with van der Waals surface area (Å²) >= 11 is 0. The molecule has 2 amide bonds. The molecule has 0 aliphatic heterocycles. The molecule has 2 rings (SSSR count). The fraction of sp³-hybridized carbons (Fsp3) is 0.429. The van der Waals surface area contributed by atoms with Gasteiger partial charge >= 0.3 is 0 Å². The Kier molecular flexibility index (Phi) is 32.8. The van der Waals surface area contributed by atoms with Gasteiger partial charge in [-0.1, -0.05) is 46.8 Å². The Morgan fingerprint density at radius 2 is 1.58 bits per heavy atom. The summed E-state index contributed by atoms with van der Waals surface area (Å²) in [7, 11) is 0. The molecule has 1 fully saturated rings. The molecule has 1 aliphatic carbocycles. The summed E-state index contributed by atoms with van der Waals surface area (Å²) in [5.74, 6) is 5.40. The van der Waals surface area contributed by atoms with Gasteiger partial charge in [-0.2, -0.15) is 0 Å². The fourth-order valence-electron chi connectivity index (χ4n) is 1.92. The van der Waals surface area contributed by atoms with Gasteiger partial charge in [-0.3, -0.25) is 14.6 Å². The van der Waals surface area contributed by atoms with Crippen molar-refractivity contribution in [2.45, 2.75) is 73.8 Å². The van der Waals surface area contributed by atoms with E-state index in [1.165, 1.54) is 17.3 Å². The van der Waals surface area contributed by atoms with Crippen molar-refractivity contribution in [1.82, 2.24) is 10.6 Å². The number of nitrogens with two attached hydrogens (primary N) is 2. The van der Waals surface area contributed by atoms with Crippen molar-refractivity contribution < 1.29 is 14.0 Å². The molecular formula is C28H50FN5O2. The normalized spacial score (nSPS) is 11.0. The lowest BCUT2D eigenvalue weighted by Gasteiger charge is -2.15. The molecule has 8 heteroatoms. The number of halogens is 1. The zero-order chi connectivity index (χ0) is 28.9. The van der Waals surface area contributed by atoms with Crippen molar-refractivity contribution in [3.8, 4) is 0 Å². The minimum atomic E-state index is -0.322. The van der Waals surface area contributed by atoms with Crippen LogP contribution in [0.15, 0.2) is 74.4 Å². The smallest absolute Gasteiger partial charge is 0.268 e. The number of hydrazine groups is 1. The van der Waals surface area contributed by atoms with E-state index in [0.717, 1.165) is 19.3 Å². The Bertz CT molecular complexity index is 730. The third-order valence-electron chi connectivity index (χ3n) is 3.54. The van der Waals surface area contributed by atoms with Crippen LogP contribution in [0.3, 0.4) is 0 Å². The van der Waals surface area contributed by atoms with E-state index in [1.54, 1.807) is 30.3 Å². The lowest BCUT2D eigenvalue weighted by Crippen LogP contribution is -2.34. The number of anilines is 1. The number of allylic oxidation sites excluding steroid dienone is 2. The zero-order valence-corrected chi connectivity index (χ0v) is 23.4. The van der Waals surface area contributed by atoms with Crippen molar-refractivity contribution in [2.75, 3.05) is 11.6 Å². The first kappa shape index (κ1) is 39.8. The van der Waals surface area contributed by atoms with E-state index in [1.807, 2.05) is 48.5 Å². The van der Waals surface area contributed by atoms with Crippen molar-refractivity contribution >= 4 is 17.5 Å².